The van der Waals surface area contributed by atoms with E-state index in [9.17, 15) is 0 Å². The van der Waals surface area contributed by atoms with Gasteiger partial charge in [0.25, 0.3) is 0 Å². The lowest BCUT2D eigenvalue weighted by Crippen LogP contribution is -2.09. The molecule has 0 spiro atoms. The highest BCUT2D eigenvalue weighted by Gasteiger charge is 2.26. The van der Waals surface area contributed by atoms with Crippen molar-refractivity contribution >= 4 is 53.4 Å². The number of imidazole rings is 1. The van der Waals surface area contributed by atoms with Crippen LogP contribution in [0, 0.1) is 6.92 Å². The van der Waals surface area contributed by atoms with E-state index in [4.69, 9.17) is 9.97 Å². The quantitative estimate of drug-likeness (QED) is 0.196. The molecule has 220 valence electrons. The van der Waals surface area contributed by atoms with Crippen LogP contribution in [0.1, 0.15) is 56.2 Å². The minimum Gasteiger partial charge on any atom is -0.290 e. The molecule has 0 N–H and O–H groups in total. The van der Waals surface area contributed by atoms with Crippen molar-refractivity contribution in [3.8, 4) is 28.2 Å². The maximum absolute atomic E-state index is 5.54. The molecule has 5 aromatic carbocycles. The van der Waals surface area contributed by atoms with E-state index in [0.29, 0.717) is 11.8 Å². The van der Waals surface area contributed by atoms with Crippen LogP contribution < -0.4 is 0 Å². The zero-order chi connectivity index (χ0) is 30.8. The highest BCUT2D eigenvalue weighted by atomic mass is 32.1. The van der Waals surface area contributed by atoms with Crippen molar-refractivity contribution in [2.45, 2.75) is 46.5 Å². The van der Waals surface area contributed by atoms with Crippen LogP contribution in [-0.2, 0) is 0 Å². The first-order valence-corrected chi connectivity index (χ1v) is 16.6. The number of pyridine rings is 1. The fourth-order valence-electron chi connectivity index (χ4n) is 6.77. The normalized spacial score (nSPS) is 12.1. The molecule has 45 heavy (non-hydrogen) atoms. The van der Waals surface area contributed by atoms with Crippen molar-refractivity contribution in [1.29, 1.82) is 0 Å². The molecular formula is C41H35N3S. The molecule has 8 rings (SSSR count). The fraction of sp³-hybridized carbons (Fsp3) is 0.171. The standard InChI is InChI=1S/C41H35N3S/c1-24(2)33-21-28(27-12-7-6-8-13-27)22-34(25(3)4)39(33)44-36-23-42-35-17-10-9-14-31(35)38(36)43-41(44)32-16-11-15-30-29-19-18-26(5)20-37(29)45-40(30)32/h6-25H,1-5H3. The van der Waals surface area contributed by atoms with Gasteiger partial charge in [-0.15, -0.1) is 11.3 Å². The van der Waals surface area contributed by atoms with Crippen LogP contribution >= 0.6 is 11.3 Å². The minimum absolute atomic E-state index is 0.294. The Bertz CT molecular complexity index is 2360. The molecule has 0 amide bonds. The van der Waals surface area contributed by atoms with Gasteiger partial charge < -0.3 is 0 Å². The molecular weight excluding hydrogens is 567 g/mol. The molecule has 0 bridgehead atoms. The van der Waals surface area contributed by atoms with Gasteiger partial charge in [0.15, 0.2) is 0 Å². The maximum atomic E-state index is 5.54. The lowest BCUT2D eigenvalue weighted by atomic mass is 9.88. The van der Waals surface area contributed by atoms with Crippen LogP contribution in [0.25, 0.3) is 70.3 Å². The number of nitrogens with zero attached hydrogens (tertiary/aromatic N) is 3. The zero-order valence-electron chi connectivity index (χ0n) is 26.3. The Kier molecular flexibility index (Phi) is 6.58. The summed E-state index contributed by atoms with van der Waals surface area (Å²) < 4.78 is 5.01. The molecule has 0 aliphatic carbocycles. The molecule has 0 fully saturated rings. The number of rotatable bonds is 5. The second kappa shape index (κ2) is 10.7. The fourth-order valence-corrected chi connectivity index (χ4v) is 8.08. The van der Waals surface area contributed by atoms with Gasteiger partial charge in [0, 0.05) is 31.1 Å². The first-order valence-electron chi connectivity index (χ1n) is 15.8. The van der Waals surface area contributed by atoms with E-state index < -0.39 is 0 Å². The van der Waals surface area contributed by atoms with E-state index in [2.05, 4.69) is 142 Å². The molecule has 3 heterocycles. The third-order valence-corrected chi connectivity index (χ3v) is 10.2. The highest BCUT2D eigenvalue weighted by molar-refractivity contribution is 7.26. The smallest absolute Gasteiger partial charge is 0.147 e. The lowest BCUT2D eigenvalue weighted by molar-refractivity contribution is 0.811. The first-order chi connectivity index (χ1) is 21.9. The number of hydrogen-bond acceptors (Lipinski definition) is 3. The Morgan fingerprint density at radius 3 is 2.13 bits per heavy atom. The van der Waals surface area contributed by atoms with Crippen LogP contribution in [0.15, 0.2) is 109 Å². The summed E-state index contributed by atoms with van der Waals surface area (Å²) in [7, 11) is 0. The second-order valence-electron chi connectivity index (χ2n) is 12.7. The van der Waals surface area contributed by atoms with Gasteiger partial charge in [0.2, 0.25) is 0 Å². The molecule has 0 atom stereocenters. The Balaban J connectivity index is 1.53. The number of para-hydroxylation sites is 1. The molecule has 0 unspecified atom stereocenters. The van der Waals surface area contributed by atoms with Crippen molar-refractivity contribution in [3.05, 3.63) is 126 Å². The van der Waals surface area contributed by atoms with E-state index in [1.54, 1.807) is 0 Å². The SMILES string of the molecule is Cc1ccc2c(c1)sc1c(-c3nc4c5ccccc5ncc4n3-c3c(C(C)C)cc(-c4ccccc4)cc3C(C)C)cccc12. The first kappa shape index (κ1) is 27.7. The highest BCUT2D eigenvalue weighted by Crippen LogP contribution is 2.44. The number of aromatic nitrogens is 3. The van der Waals surface area contributed by atoms with Crippen LogP contribution in [0.5, 0.6) is 0 Å². The summed E-state index contributed by atoms with van der Waals surface area (Å²) >= 11 is 1.87. The number of fused-ring (bicyclic) bond motifs is 6. The number of hydrogen-bond donors (Lipinski definition) is 0. The van der Waals surface area contributed by atoms with Crippen molar-refractivity contribution in [2.24, 2.45) is 0 Å². The molecule has 0 saturated carbocycles. The van der Waals surface area contributed by atoms with Gasteiger partial charge in [-0.1, -0.05) is 100 Å². The van der Waals surface area contributed by atoms with Crippen molar-refractivity contribution < 1.29 is 0 Å². The van der Waals surface area contributed by atoms with Gasteiger partial charge in [-0.25, -0.2) is 4.98 Å². The van der Waals surface area contributed by atoms with Crippen LogP contribution in [0.3, 0.4) is 0 Å². The Labute approximate surface area is 267 Å². The molecule has 8 aromatic rings. The van der Waals surface area contributed by atoms with Gasteiger partial charge in [-0.2, -0.15) is 0 Å². The Morgan fingerprint density at radius 2 is 1.38 bits per heavy atom. The average Bonchev–Trinajstić information content (AvgIpc) is 3.62. The summed E-state index contributed by atoms with van der Waals surface area (Å²) in [4.78, 5) is 10.5. The Hall–Kier alpha value is -4.80. The molecule has 0 aliphatic heterocycles. The molecule has 3 nitrogen and oxygen atoms in total. The van der Waals surface area contributed by atoms with Gasteiger partial charge in [-0.05, 0) is 76.9 Å². The zero-order valence-corrected chi connectivity index (χ0v) is 27.1. The number of thiophene rings is 1. The van der Waals surface area contributed by atoms with Crippen molar-refractivity contribution in [3.63, 3.8) is 0 Å². The average molecular weight is 602 g/mol. The summed E-state index contributed by atoms with van der Waals surface area (Å²) in [5.74, 6) is 1.55. The largest absolute Gasteiger partial charge is 0.290 e. The third kappa shape index (κ3) is 4.47. The van der Waals surface area contributed by atoms with Crippen molar-refractivity contribution in [2.75, 3.05) is 0 Å². The van der Waals surface area contributed by atoms with Crippen LogP contribution in [0.2, 0.25) is 0 Å². The number of aryl methyl sites for hydroxylation is 1. The van der Waals surface area contributed by atoms with Gasteiger partial charge >= 0.3 is 0 Å². The summed E-state index contributed by atoms with van der Waals surface area (Å²) in [6, 6.07) is 37.4. The summed E-state index contributed by atoms with van der Waals surface area (Å²) in [6.07, 6.45) is 2.03. The number of benzene rings is 5. The van der Waals surface area contributed by atoms with Crippen LogP contribution in [-0.4, -0.2) is 14.5 Å². The Morgan fingerprint density at radius 1 is 0.667 bits per heavy atom. The molecule has 0 aliphatic rings. The van der Waals surface area contributed by atoms with E-state index in [1.165, 1.54) is 53.7 Å². The van der Waals surface area contributed by atoms with E-state index in [0.717, 1.165) is 33.3 Å². The maximum Gasteiger partial charge on any atom is 0.147 e. The van der Waals surface area contributed by atoms with E-state index >= 15 is 0 Å². The monoisotopic (exact) mass is 601 g/mol. The van der Waals surface area contributed by atoms with Crippen molar-refractivity contribution in [1.82, 2.24) is 14.5 Å². The predicted molar refractivity (Wildman–Crippen MR) is 193 cm³/mol. The second-order valence-corrected chi connectivity index (χ2v) is 13.8. The molecule has 0 saturated heterocycles. The van der Waals surface area contributed by atoms with E-state index in [1.807, 2.05) is 17.5 Å². The summed E-state index contributed by atoms with van der Waals surface area (Å²) in [5.41, 5.74) is 11.8. The minimum atomic E-state index is 0.294. The third-order valence-electron chi connectivity index (χ3n) is 9.04. The topological polar surface area (TPSA) is 30.7 Å². The van der Waals surface area contributed by atoms with E-state index in [-0.39, 0.29) is 0 Å². The lowest BCUT2D eigenvalue weighted by Gasteiger charge is -2.24. The van der Waals surface area contributed by atoms with Gasteiger partial charge in [-0.3, -0.25) is 9.55 Å². The van der Waals surface area contributed by atoms with Gasteiger partial charge in [0.1, 0.15) is 11.3 Å². The molecule has 0 radical (unpaired) electrons. The van der Waals surface area contributed by atoms with Gasteiger partial charge in [0.05, 0.1) is 22.9 Å². The summed E-state index contributed by atoms with van der Waals surface area (Å²) in [6.45, 7) is 11.4. The molecule has 3 aromatic heterocycles. The van der Waals surface area contributed by atoms with Crippen LogP contribution in [0.4, 0.5) is 0 Å². The predicted octanol–water partition coefficient (Wildman–Crippen LogP) is 11.8. The molecule has 4 heteroatoms. The summed E-state index contributed by atoms with van der Waals surface area (Å²) in [5, 5.41) is 3.66.